The van der Waals surface area contributed by atoms with E-state index in [2.05, 4.69) is 15.6 Å². The second kappa shape index (κ2) is 8.04. The maximum Gasteiger partial charge on any atom is 0.343 e. The van der Waals surface area contributed by atoms with Gasteiger partial charge in [-0.05, 0) is 19.3 Å². The summed E-state index contributed by atoms with van der Waals surface area (Å²) in [5.74, 6) is -1.01. The Morgan fingerprint density at radius 1 is 1.26 bits per heavy atom. The molecule has 1 amide bonds. The molecule has 0 saturated carbocycles. The molecule has 0 saturated heterocycles. The van der Waals surface area contributed by atoms with Crippen molar-refractivity contribution < 1.29 is 14.7 Å². The van der Waals surface area contributed by atoms with E-state index in [1.165, 1.54) is 0 Å². The molecule has 0 bridgehead atoms. The third-order valence-corrected chi connectivity index (χ3v) is 3.31. The number of carboxylic acid groups (broad SMARTS) is 1. The molecule has 0 radical (unpaired) electrons. The van der Waals surface area contributed by atoms with Crippen molar-refractivity contribution in [2.45, 2.75) is 25.3 Å². The van der Waals surface area contributed by atoms with E-state index in [9.17, 15) is 9.59 Å². The molecule has 0 aliphatic heterocycles. The average Bonchev–Trinajstić information content (AvgIpc) is 3.05. The van der Waals surface area contributed by atoms with Gasteiger partial charge in [0.25, 0.3) is 0 Å². The number of aliphatic carboxylic acids is 1. The molecule has 1 atom stereocenters. The Morgan fingerprint density at radius 2 is 2.00 bits per heavy atom. The molecule has 8 nitrogen and oxygen atoms in total. The Morgan fingerprint density at radius 3 is 2.70 bits per heavy atom. The highest BCUT2D eigenvalue weighted by Gasteiger charge is 2.11. The third-order valence-electron chi connectivity index (χ3n) is 3.31. The second-order valence-electron chi connectivity index (χ2n) is 5.09. The summed E-state index contributed by atoms with van der Waals surface area (Å²) in [5, 5.41) is 19.1. The van der Waals surface area contributed by atoms with Gasteiger partial charge in [-0.3, -0.25) is 4.79 Å². The van der Waals surface area contributed by atoms with Gasteiger partial charge in [0.1, 0.15) is 11.7 Å². The first-order chi connectivity index (χ1) is 11.1. The molecule has 2 rings (SSSR count). The van der Waals surface area contributed by atoms with Crippen molar-refractivity contribution in [3.05, 3.63) is 36.5 Å². The number of aromatic nitrogens is 3. The lowest BCUT2D eigenvalue weighted by molar-refractivity contribution is -0.138. The number of unbranched alkanes of at least 4 members (excludes halogenated alkanes) is 1. The van der Waals surface area contributed by atoms with Gasteiger partial charge in [0.15, 0.2) is 0 Å². The average molecular weight is 317 g/mol. The van der Waals surface area contributed by atoms with Crippen LogP contribution in [-0.2, 0) is 4.79 Å². The number of benzene rings is 1. The number of nitrogens with two attached hydrogens (primary N) is 1. The van der Waals surface area contributed by atoms with E-state index in [0.717, 1.165) is 10.2 Å². The van der Waals surface area contributed by atoms with Crippen LogP contribution < -0.4 is 11.1 Å². The monoisotopic (exact) mass is 317 g/mol. The highest BCUT2D eigenvalue weighted by molar-refractivity contribution is 5.76. The molecule has 4 N–H and O–H groups in total. The highest BCUT2D eigenvalue weighted by Crippen LogP contribution is 2.14. The Hall–Kier alpha value is -2.74. The number of rotatable bonds is 7. The zero-order valence-electron chi connectivity index (χ0n) is 12.6. The molecule has 1 aromatic heterocycles. The molecule has 122 valence electrons. The Balaban J connectivity index is 1.76. The van der Waals surface area contributed by atoms with E-state index in [-0.39, 0.29) is 6.03 Å². The lowest BCUT2D eigenvalue weighted by Crippen LogP contribution is -2.31. The molecule has 23 heavy (non-hydrogen) atoms. The maximum atomic E-state index is 11.9. The minimum absolute atomic E-state index is 0.373. The minimum atomic E-state index is -1.01. The van der Waals surface area contributed by atoms with Crippen molar-refractivity contribution in [1.29, 1.82) is 0 Å². The number of nitrogens with zero attached hydrogens (tertiary/aromatic N) is 3. The first-order valence-corrected chi connectivity index (χ1v) is 7.32. The molecule has 1 heterocycles. The zero-order chi connectivity index (χ0) is 16.7. The molecule has 0 unspecified atom stereocenters. The van der Waals surface area contributed by atoms with Gasteiger partial charge < -0.3 is 16.2 Å². The number of nitrogens with one attached hydrogen (secondary N) is 1. The number of carbonyl (C=O) groups excluding carboxylic acids is 1. The largest absolute Gasteiger partial charge is 0.480 e. The van der Waals surface area contributed by atoms with Crippen LogP contribution in [-0.4, -0.2) is 44.7 Å². The van der Waals surface area contributed by atoms with Gasteiger partial charge in [0, 0.05) is 12.1 Å². The van der Waals surface area contributed by atoms with Crippen molar-refractivity contribution >= 4 is 12.0 Å². The lowest BCUT2D eigenvalue weighted by atomic mass is 10.1. The summed E-state index contributed by atoms with van der Waals surface area (Å²) in [6, 6.07) is 8.22. The minimum Gasteiger partial charge on any atom is -0.480 e. The van der Waals surface area contributed by atoms with Crippen molar-refractivity contribution in [2.24, 2.45) is 5.73 Å². The summed E-state index contributed by atoms with van der Waals surface area (Å²) in [7, 11) is 0. The van der Waals surface area contributed by atoms with Gasteiger partial charge in [0.2, 0.25) is 0 Å². The fraction of sp³-hybridized carbons (Fsp3) is 0.333. The SMILES string of the molecule is N[C@@H](CCCCNC(=O)n1cc(-c2ccccc2)nn1)C(=O)O. The summed E-state index contributed by atoms with van der Waals surface area (Å²) in [5.41, 5.74) is 6.90. The van der Waals surface area contributed by atoms with Gasteiger partial charge in [-0.25, -0.2) is 4.79 Å². The molecular weight excluding hydrogens is 298 g/mol. The van der Waals surface area contributed by atoms with Crippen molar-refractivity contribution in [3.8, 4) is 11.3 Å². The number of carbonyl (C=O) groups is 2. The Kier molecular flexibility index (Phi) is 5.81. The topological polar surface area (TPSA) is 123 Å². The predicted octanol–water partition coefficient (Wildman–Crippen LogP) is 1.08. The van der Waals surface area contributed by atoms with E-state index in [1.54, 1.807) is 6.20 Å². The Bertz CT molecular complexity index is 656. The standard InChI is InChI=1S/C15H19N5O3/c16-12(14(21)22)8-4-5-9-17-15(23)20-10-13(18-19-20)11-6-2-1-3-7-11/h1-3,6-7,10,12H,4-5,8-9,16H2,(H,17,23)(H,21,22)/t12-/m0/s1. The molecule has 0 fully saturated rings. The van der Waals surface area contributed by atoms with Crippen LogP contribution in [0.1, 0.15) is 19.3 Å². The molecule has 8 heteroatoms. The number of amides is 1. The fourth-order valence-corrected chi connectivity index (χ4v) is 1.99. The summed E-state index contributed by atoms with van der Waals surface area (Å²) in [4.78, 5) is 22.5. The molecule has 2 aromatic rings. The predicted molar refractivity (Wildman–Crippen MR) is 83.7 cm³/mol. The molecule has 0 aliphatic carbocycles. The molecule has 0 aliphatic rings. The van der Waals surface area contributed by atoms with Gasteiger partial charge >= 0.3 is 12.0 Å². The first kappa shape index (κ1) is 16.6. The smallest absolute Gasteiger partial charge is 0.343 e. The van der Waals surface area contributed by atoms with Gasteiger partial charge in [-0.1, -0.05) is 35.5 Å². The van der Waals surface area contributed by atoms with E-state index in [4.69, 9.17) is 10.8 Å². The van der Waals surface area contributed by atoms with Crippen molar-refractivity contribution in [2.75, 3.05) is 6.54 Å². The van der Waals surface area contributed by atoms with Crippen LogP contribution in [0.15, 0.2) is 36.5 Å². The number of hydrogen-bond donors (Lipinski definition) is 3. The summed E-state index contributed by atoms with van der Waals surface area (Å²) in [6.45, 7) is 0.422. The number of hydrogen-bond acceptors (Lipinski definition) is 5. The lowest BCUT2D eigenvalue weighted by Gasteiger charge is -2.06. The van der Waals surface area contributed by atoms with Gasteiger partial charge in [0.05, 0.1) is 6.20 Å². The van der Waals surface area contributed by atoms with E-state index in [1.807, 2.05) is 30.3 Å². The zero-order valence-corrected chi connectivity index (χ0v) is 12.6. The van der Waals surface area contributed by atoms with Crippen LogP contribution in [0.25, 0.3) is 11.3 Å². The second-order valence-corrected chi connectivity index (χ2v) is 5.09. The first-order valence-electron chi connectivity index (χ1n) is 7.32. The van der Waals surface area contributed by atoms with E-state index >= 15 is 0 Å². The fourth-order valence-electron chi connectivity index (χ4n) is 1.99. The summed E-state index contributed by atoms with van der Waals surface area (Å²) >= 11 is 0. The van der Waals surface area contributed by atoms with Crippen LogP contribution in [0.4, 0.5) is 4.79 Å². The highest BCUT2D eigenvalue weighted by atomic mass is 16.4. The van der Waals surface area contributed by atoms with E-state index in [0.29, 0.717) is 31.5 Å². The normalized spacial score (nSPS) is 11.9. The quantitative estimate of drug-likeness (QED) is 0.657. The molecule has 1 aromatic carbocycles. The van der Waals surface area contributed by atoms with Crippen LogP contribution in [0.2, 0.25) is 0 Å². The molecule has 0 spiro atoms. The van der Waals surface area contributed by atoms with Gasteiger partial charge in [-0.2, -0.15) is 4.68 Å². The molecular formula is C15H19N5O3. The third kappa shape index (κ3) is 4.89. The van der Waals surface area contributed by atoms with Gasteiger partial charge in [-0.15, -0.1) is 5.10 Å². The van der Waals surface area contributed by atoms with Crippen molar-refractivity contribution in [3.63, 3.8) is 0 Å². The Labute approximate surface area is 133 Å². The summed E-state index contributed by atoms with van der Waals surface area (Å²) in [6.07, 6.45) is 3.21. The maximum absolute atomic E-state index is 11.9. The van der Waals surface area contributed by atoms with Crippen LogP contribution >= 0.6 is 0 Å². The van der Waals surface area contributed by atoms with Crippen LogP contribution in [0, 0.1) is 0 Å². The van der Waals surface area contributed by atoms with E-state index < -0.39 is 12.0 Å². The van der Waals surface area contributed by atoms with Crippen LogP contribution in [0.3, 0.4) is 0 Å². The van der Waals surface area contributed by atoms with Crippen LogP contribution in [0.5, 0.6) is 0 Å². The number of carboxylic acids is 1. The van der Waals surface area contributed by atoms with Crippen molar-refractivity contribution in [1.82, 2.24) is 20.3 Å². The summed E-state index contributed by atoms with van der Waals surface area (Å²) < 4.78 is 1.14.